The van der Waals surface area contributed by atoms with Crippen molar-refractivity contribution < 1.29 is 9.59 Å². The van der Waals surface area contributed by atoms with Gasteiger partial charge in [0.25, 0.3) is 0 Å². The second-order valence-corrected chi connectivity index (χ2v) is 5.42. The molecule has 0 bridgehead atoms. The molecule has 2 rings (SSSR count). The molecule has 5 heteroatoms. The van der Waals surface area contributed by atoms with Crippen molar-refractivity contribution in [1.82, 2.24) is 10.6 Å². The zero-order chi connectivity index (χ0) is 15.9. The number of carbonyl (C=O) groups is 2. The van der Waals surface area contributed by atoms with E-state index in [0.29, 0.717) is 11.6 Å². The maximum atomic E-state index is 11.7. The van der Waals surface area contributed by atoms with E-state index in [-0.39, 0.29) is 6.54 Å². The summed E-state index contributed by atoms with van der Waals surface area (Å²) in [5, 5.41) is 5.80. The van der Waals surface area contributed by atoms with Gasteiger partial charge in [0.05, 0.1) is 0 Å². The van der Waals surface area contributed by atoms with Crippen molar-refractivity contribution >= 4 is 23.4 Å². The summed E-state index contributed by atoms with van der Waals surface area (Å²) in [7, 11) is 0. The van der Waals surface area contributed by atoms with Crippen molar-refractivity contribution in [3.63, 3.8) is 0 Å². The fourth-order valence-corrected chi connectivity index (χ4v) is 2.08. The van der Waals surface area contributed by atoms with E-state index in [1.54, 1.807) is 24.3 Å². The molecule has 0 aromatic heterocycles. The number of rotatable bonds is 4. The zero-order valence-corrected chi connectivity index (χ0v) is 13.0. The molecular weight excluding hydrogens is 300 g/mol. The monoisotopic (exact) mass is 316 g/mol. The third-order valence-electron chi connectivity index (χ3n) is 3.11. The van der Waals surface area contributed by atoms with Gasteiger partial charge in [-0.05, 0) is 30.2 Å². The van der Waals surface area contributed by atoms with E-state index in [9.17, 15) is 9.59 Å². The molecule has 0 radical (unpaired) electrons. The maximum absolute atomic E-state index is 11.7. The van der Waals surface area contributed by atoms with Crippen LogP contribution in [-0.2, 0) is 22.7 Å². The highest BCUT2D eigenvalue weighted by Gasteiger charge is 2.12. The van der Waals surface area contributed by atoms with Gasteiger partial charge in [-0.3, -0.25) is 9.59 Å². The first-order chi connectivity index (χ1) is 10.5. The molecule has 2 amide bonds. The van der Waals surface area contributed by atoms with Gasteiger partial charge >= 0.3 is 11.8 Å². The Bertz CT molecular complexity index is 669. The number of amides is 2. The van der Waals surface area contributed by atoms with E-state index >= 15 is 0 Å². The van der Waals surface area contributed by atoms with Gasteiger partial charge in [-0.2, -0.15) is 0 Å². The summed E-state index contributed by atoms with van der Waals surface area (Å²) >= 11 is 5.78. The van der Waals surface area contributed by atoms with Crippen molar-refractivity contribution in [2.75, 3.05) is 0 Å². The number of hydrogen-bond acceptors (Lipinski definition) is 2. The molecule has 2 N–H and O–H groups in total. The second kappa shape index (κ2) is 7.61. The molecule has 0 aliphatic carbocycles. The summed E-state index contributed by atoms with van der Waals surface area (Å²) in [4.78, 5) is 23.5. The Balaban J connectivity index is 1.79. The first kappa shape index (κ1) is 16.0. The lowest BCUT2D eigenvalue weighted by molar-refractivity contribution is -0.139. The molecule has 0 fully saturated rings. The highest BCUT2D eigenvalue weighted by atomic mass is 35.5. The Morgan fingerprint density at radius 1 is 0.909 bits per heavy atom. The van der Waals surface area contributed by atoms with Gasteiger partial charge in [-0.25, -0.2) is 0 Å². The SMILES string of the molecule is Cc1cccc(CNC(=O)C(=O)NCc2ccc(Cl)cc2)c1. The predicted molar refractivity (Wildman–Crippen MR) is 86.3 cm³/mol. The minimum Gasteiger partial charge on any atom is -0.344 e. The number of carbonyl (C=O) groups excluding carboxylic acids is 2. The van der Waals surface area contributed by atoms with E-state index in [1.165, 1.54) is 0 Å². The highest BCUT2D eigenvalue weighted by Crippen LogP contribution is 2.09. The quantitative estimate of drug-likeness (QED) is 0.852. The van der Waals surface area contributed by atoms with Crippen LogP contribution in [0.2, 0.25) is 5.02 Å². The number of nitrogens with one attached hydrogen (secondary N) is 2. The molecule has 0 saturated heterocycles. The van der Waals surface area contributed by atoms with Crippen molar-refractivity contribution in [3.05, 3.63) is 70.2 Å². The zero-order valence-electron chi connectivity index (χ0n) is 12.2. The van der Waals surface area contributed by atoms with Crippen molar-refractivity contribution in [2.24, 2.45) is 0 Å². The maximum Gasteiger partial charge on any atom is 0.309 e. The van der Waals surface area contributed by atoms with Crippen LogP contribution < -0.4 is 10.6 Å². The van der Waals surface area contributed by atoms with Crippen molar-refractivity contribution in [1.29, 1.82) is 0 Å². The van der Waals surface area contributed by atoms with Gasteiger partial charge in [-0.1, -0.05) is 53.6 Å². The predicted octanol–water partition coefficient (Wildman–Crippen LogP) is 2.58. The third kappa shape index (κ3) is 4.90. The molecule has 22 heavy (non-hydrogen) atoms. The Morgan fingerprint density at radius 3 is 2.09 bits per heavy atom. The summed E-state index contributed by atoms with van der Waals surface area (Å²) < 4.78 is 0. The Labute approximate surface area is 134 Å². The van der Waals surface area contributed by atoms with Crippen LogP contribution in [0.5, 0.6) is 0 Å². The smallest absolute Gasteiger partial charge is 0.309 e. The van der Waals surface area contributed by atoms with Crippen LogP contribution in [0.25, 0.3) is 0 Å². The van der Waals surface area contributed by atoms with Gasteiger partial charge in [0.2, 0.25) is 0 Å². The molecule has 114 valence electrons. The molecule has 0 aliphatic rings. The van der Waals surface area contributed by atoms with Crippen LogP contribution in [0.4, 0.5) is 0 Å². The van der Waals surface area contributed by atoms with Crippen LogP contribution >= 0.6 is 11.6 Å². The number of halogens is 1. The van der Waals surface area contributed by atoms with Gasteiger partial charge in [0.1, 0.15) is 0 Å². The summed E-state index contributed by atoms with van der Waals surface area (Å²) in [5.41, 5.74) is 2.95. The second-order valence-electron chi connectivity index (χ2n) is 4.98. The molecule has 0 atom stereocenters. The van der Waals surface area contributed by atoms with Crippen LogP contribution in [-0.4, -0.2) is 11.8 Å². The van der Waals surface area contributed by atoms with Crippen molar-refractivity contribution in [3.8, 4) is 0 Å². The third-order valence-corrected chi connectivity index (χ3v) is 3.36. The van der Waals surface area contributed by atoms with Crippen LogP contribution in [0.15, 0.2) is 48.5 Å². The van der Waals surface area contributed by atoms with Gasteiger partial charge < -0.3 is 10.6 Å². The molecule has 0 aliphatic heterocycles. The summed E-state index contributed by atoms with van der Waals surface area (Å²) in [5.74, 6) is -1.29. The summed E-state index contributed by atoms with van der Waals surface area (Å²) in [6.45, 7) is 2.59. The standard InChI is InChI=1S/C17H17ClN2O2/c1-12-3-2-4-14(9-12)11-20-17(22)16(21)19-10-13-5-7-15(18)8-6-13/h2-9H,10-11H2,1H3,(H,19,21)(H,20,22). The van der Waals surface area contributed by atoms with E-state index in [1.807, 2.05) is 31.2 Å². The number of hydrogen-bond donors (Lipinski definition) is 2. The van der Waals surface area contributed by atoms with E-state index in [4.69, 9.17) is 11.6 Å². The first-order valence-corrected chi connectivity index (χ1v) is 7.28. The molecule has 4 nitrogen and oxygen atoms in total. The summed E-state index contributed by atoms with van der Waals surface area (Å²) in [6.07, 6.45) is 0. The number of benzene rings is 2. The molecular formula is C17H17ClN2O2. The summed E-state index contributed by atoms with van der Waals surface area (Å²) in [6, 6.07) is 14.8. The Kier molecular flexibility index (Phi) is 5.55. The minimum absolute atomic E-state index is 0.286. The van der Waals surface area contributed by atoms with Crippen LogP contribution in [0.1, 0.15) is 16.7 Å². The minimum atomic E-state index is -0.650. The topological polar surface area (TPSA) is 58.2 Å². The fraction of sp³-hybridized carbons (Fsp3) is 0.176. The average Bonchev–Trinajstić information content (AvgIpc) is 2.52. The average molecular weight is 317 g/mol. The first-order valence-electron chi connectivity index (χ1n) is 6.90. The van der Waals surface area contributed by atoms with E-state index < -0.39 is 11.8 Å². The lowest BCUT2D eigenvalue weighted by Crippen LogP contribution is -2.39. The van der Waals surface area contributed by atoms with Gasteiger partial charge in [-0.15, -0.1) is 0 Å². The fourth-order valence-electron chi connectivity index (χ4n) is 1.95. The number of aryl methyl sites for hydroxylation is 1. The van der Waals surface area contributed by atoms with Gasteiger partial charge in [0, 0.05) is 18.1 Å². The normalized spacial score (nSPS) is 10.1. The van der Waals surface area contributed by atoms with E-state index in [0.717, 1.165) is 16.7 Å². The van der Waals surface area contributed by atoms with Crippen molar-refractivity contribution in [2.45, 2.75) is 20.0 Å². The molecule has 0 unspecified atom stereocenters. The van der Waals surface area contributed by atoms with Crippen LogP contribution in [0, 0.1) is 6.92 Å². The molecule has 2 aromatic rings. The molecule has 0 spiro atoms. The molecule has 0 saturated carbocycles. The Morgan fingerprint density at radius 2 is 1.50 bits per heavy atom. The molecule has 0 heterocycles. The van der Waals surface area contributed by atoms with E-state index in [2.05, 4.69) is 10.6 Å². The van der Waals surface area contributed by atoms with Crippen LogP contribution in [0.3, 0.4) is 0 Å². The van der Waals surface area contributed by atoms with Gasteiger partial charge in [0.15, 0.2) is 0 Å². The highest BCUT2D eigenvalue weighted by molar-refractivity contribution is 6.35. The lowest BCUT2D eigenvalue weighted by Gasteiger charge is -2.07. The lowest BCUT2D eigenvalue weighted by atomic mass is 10.1. The molecule has 2 aromatic carbocycles. The Hall–Kier alpha value is -2.33. The largest absolute Gasteiger partial charge is 0.344 e.